The highest BCUT2D eigenvalue weighted by atomic mass is 32.2. The number of carbonyl (C=O) groups is 1. The van der Waals surface area contributed by atoms with Gasteiger partial charge in [-0.1, -0.05) is 36.4 Å². The Hall–Kier alpha value is -4.04. The van der Waals surface area contributed by atoms with Crippen LogP contribution in [0.15, 0.2) is 83.9 Å². The minimum absolute atomic E-state index is 0.109. The first-order valence-corrected chi connectivity index (χ1v) is 12.7. The summed E-state index contributed by atoms with van der Waals surface area (Å²) in [5.41, 5.74) is 2.12. The molecule has 184 valence electrons. The summed E-state index contributed by atoms with van der Waals surface area (Å²) in [6.45, 7) is 5.05. The van der Waals surface area contributed by atoms with Crippen LogP contribution < -0.4 is 5.32 Å². The molecule has 1 saturated heterocycles. The SMILES string of the molecule is C=CCNC(=O)C(C#N)=Cc1cn(-c2ccccc2)nc1-c1cccc(S(=O)(=O)N2CCOCC2)c1. The number of benzene rings is 2. The molecule has 0 radical (unpaired) electrons. The molecule has 1 N–H and O–H groups in total. The van der Waals surface area contributed by atoms with Gasteiger partial charge in [-0.2, -0.15) is 14.7 Å². The summed E-state index contributed by atoms with van der Waals surface area (Å²) in [6.07, 6.45) is 4.67. The van der Waals surface area contributed by atoms with Crippen molar-refractivity contribution in [1.29, 1.82) is 5.26 Å². The molecule has 0 unspecified atom stereocenters. The number of sulfonamides is 1. The fraction of sp³-hybridized carbons (Fsp3) is 0.192. The van der Waals surface area contributed by atoms with E-state index in [-0.39, 0.29) is 30.1 Å². The molecule has 1 amide bonds. The topological polar surface area (TPSA) is 117 Å². The summed E-state index contributed by atoms with van der Waals surface area (Å²) in [4.78, 5) is 12.6. The highest BCUT2D eigenvalue weighted by Crippen LogP contribution is 2.29. The number of ether oxygens (including phenoxy) is 1. The van der Waals surface area contributed by atoms with Gasteiger partial charge < -0.3 is 10.1 Å². The zero-order valence-corrected chi connectivity index (χ0v) is 20.3. The van der Waals surface area contributed by atoms with Gasteiger partial charge in [0.2, 0.25) is 10.0 Å². The van der Waals surface area contributed by atoms with E-state index in [1.165, 1.54) is 16.5 Å². The van der Waals surface area contributed by atoms with Crippen molar-refractivity contribution in [3.63, 3.8) is 0 Å². The van der Waals surface area contributed by atoms with Crippen molar-refractivity contribution < 1.29 is 17.9 Å². The molecule has 1 fully saturated rings. The van der Waals surface area contributed by atoms with Crippen molar-refractivity contribution in [2.75, 3.05) is 32.8 Å². The van der Waals surface area contributed by atoms with Gasteiger partial charge in [0.1, 0.15) is 17.3 Å². The number of amides is 1. The van der Waals surface area contributed by atoms with E-state index in [4.69, 9.17) is 4.74 Å². The number of hydrogen-bond acceptors (Lipinski definition) is 6. The van der Waals surface area contributed by atoms with Crippen LogP contribution in [0.5, 0.6) is 0 Å². The van der Waals surface area contributed by atoms with Crippen molar-refractivity contribution in [2.24, 2.45) is 0 Å². The number of nitrogens with one attached hydrogen (secondary N) is 1. The predicted octanol–water partition coefficient (Wildman–Crippen LogP) is 2.77. The molecule has 0 aliphatic carbocycles. The average Bonchev–Trinajstić information content (AvgIpc) is 3.35. The van der Waals surface area contributed by atoms with E-state index in [1.807, 2.05) is 36.4 Å². The van der Waals surface area contributed by atoms with Crippen LogP contribution >= 0.6 is 0 Å². The Kier molecular flexibility index (Phi) is 7.75. The van der Waals surface area contributed by atoms with Crippen LogP contribution in [0.1, 0.15) is 5.56 Å². The lowest BCUT2D eigenvalue weighted by Gasteiger charge is -2.26. The molecule has 0 saturated carbocycles. The number of aromatic nitrogens is 2. The van der Waals surface area contributed by atoms with E-state index in [0.29, 0.717) is 30.0 Å². The van der Waals surface area contributed by atoms with Crippen LogP contribution in [0.3, 0.4) is 0 Å². The molecule has 1 aliphatic heterocycles. The number of nitriles is 1. The molecular weight excluding hydrogens is 478 g/mol. The lowest BCUT2D eigenvalue weighted by atomic mass is 10.1. The lowest BCUT2D eigenvalue weighted by Crippen LogP contribution is -2.40. The van der Waals surface area contributed by atoms with Crippen molar-refractivity contribution in [3.05, 3.63) is 84.6 Å². The molecule has 3 aromatic rings. The second kappa shape index (κ2) is 11.1. The molecule has 4 rings (SSSR count). The third-order valence-electron chi connectivity index (χ3n) is 5.55. The van der Waals surface area contributed by atoms with Crippen LogP contribution in [0.4, 0.5) is 0 Å². The summed E-state index contributed by atoms with van der Waals surface area (Å²) in [5, 5.41) is 16.9. The highest BCUT2D eigenvalue weighted by Gasteiger charge is 2.27. The van der Waals surface area contributed by atoms with Gasteiger partial charge in [0.15, 0.2) is 0 Å². The van der Waals surface area contributed by atoms with E-state index < -0.39 is 15.9 Å². The molecule has 1 aliphatic rings. The van der Waals surface area contributed by atoms with Crippen LogP contribution in [0.25, 0.3) is 23.0 Å². The van der Waals surface area contributed by atoms with Crippen LogP contribution in [0, 0.1) is 11.3 Å². The summed E-state index contributed by atoms with van der Waals surface area (Å²) >= 11 is 0. The Bertz CT molecular complexity index is 1430. The number of nitrogens with zero attached hydrogens (tertiary/aromatic N) is 4. The van der Waals surface area contributed by atoms with Crippen LogP contribution in [-0.4, -0.2) is 61.3 Å². The maximum atomic E-state index is 13.2. The average molecular weight is 504 g/mol. The number of carbonyl (C=O) groups excluding carboxylic acids is 1. The third kappa shape index (κ3) is 5.44. The normalized spacial score (nSPS) is 14.7. The van der Waals surface area contributed by atoms with E-state index in [0.717, 1.165) is 5.69 Å². The fourth-order valence-corrected chi connectivity index (χ4v) is 5.19. The Balaban J connectivity index is 1.80. The Morgan fingerprint density at radius 3 is 2.61 bits per heavy atom. The standard InChI is InChI=1S/C26H25N5O4S/c1-2-11-28-26(32)21(18-27)16-22-19-31(23-8-4-3-5-9-23)29-25(22)20-7-6-10-24(17-20)36(33,34)30-12-14-35-15-13-30/h2-10,16-17,19H,1,11-15H2,(H,28,32). The minimum Gasteiger partial charge on any atom is -0.379 e. The molecule has 0 bridgehead atoms. The maximum absolute atomic E-state index is 13.2. The summed E-state index contributed by atoms with van der Waals surface area (Å²) in [7, 11) is -3.72. The first-order valence-electron chi connectivity index (χ1n) is 11.3. The number of para-hydroxylation sites is 1. The van der Waals surface area contributed by atoms with Crippen molar-refractivity contribution in [3.8, 4) is 23.0 Å². The Morgan fingerprint density at radius 2 is 1.92 bits per heavy atom. The first kappa shape index (κ1) is 25.1. The Labute approximate surface area is 210 Å². The molecular formula is C26H25N5O4S. The van der Waals surface area contributed by atoms with E-state index >= 15 is 0 Å². The van der Waals surface area contributed by atoms with Gasteiger partial charge in [-0.05, 0) is 30.3 Å². The number of morpholine rings is 1. The monoisotopic (exact) mass is 503 g/mol. The van der Waals surface area contributed by atoms with E-state index in [9.17, 15) is 18.5 Å². The van der Waals surface area contributed by atoms with Crippen LogP contribution in [-0.2, 0) is 19.6 Å². The maximum Gasteiger partial charge on any atom is 0.262 e. The molecule has 0 spiro atoms. The zero-order chi connectivity index (χ0) is 25.5. The molecule has 36 heavy (non-hydrogen) atoms. The quantitative estimate of drug-likeness (QED) is 0.287. The number of hydrogen-bond donors (Lipinski definition) is 1. The molecule has 2 heterocycles. The van der Waals surface area contributed by atoms with Gasteiger partial charge in [0.25, 0.3) is 5.91 Å². The smallest absolute Gasteiger partial charge is 0.262 e. The Morgan fingerprint density at radius 1 is 1.17 bits per heavy atom. The summed E-state index contributed by atoms with van der Waals surface area (Å²) in [6, 6.07) is 17.8. The lowest BCUT2D eigenvalue weighted by molar-refractivity contribution is -0.116. The molecule has 9 nitrogen and oxygen atoms in total. The molecule has 2 aromatic carbocycles. The molecule has 1 aromatic heterocycles. The molecule has 0 atom stereocenters. The highest BCUT2D eigenvalue weighted by molar-refractivity contribution is 7.89. The van der Waals surface area contributed by atoms with Gasteiger partial charge in [0.05, 0.1) is 23.8 Å². The van der Waals surface area contributed by atoms with Crippen molar-refractivity contribution in [2.45, 2.75) is 4.90 Å². The van der Waals surface area contributed by atoms with E-state index in [2.05, 4.69) is 17.0 Å². The van der Waals surface area contributed by atoms with E-state index in [1.54, 1.807) is 35.1 Å². The second-order valence-corrected chi connectivity index (χ2v) is 9.86. The zero-order valence-electron chi connectivity index (χ0n) is 19.5. The van der Waals surface area contributed by atoms with Gasteiger partial charge >= 0.3 is 0 Å². The van der Waals surface area contributed by atoms with Crippen molar-refractivity contribution >= 4 is 22.0 Å². The van der Waals surface area contributed by atoms with Gasteiger partial charge in [-0.3, -0.25) is 4.79 Å². The minimum atomic E-state index is -3.72. The van der Waals surface area contributed by atoms with Gasteiger partial charge in [-0.25, -0.2) is 13.1 Å². The fourth-order valence-electron chi connectivity index (χ4n) is 3.73. The summed E-state index contributed by atoms with van der Waals surface area (Å²) in [5.74, 6) is -0.542. The van der Waals surface area contributed by atoms with Gasteiger partial charge in [0, 0.05) is 37.0 Å². The first-order chi connectivity index (χ1) is 17.4. The predicted molar refractivity (Wildman–Crippen MR) is 135 cm³/mol. The molecule has 10 heteroatoms. The third-order valence-corrected chi connectivity index (χ3v) is 7.45. The summed E-state index contributed by atoms with van der Waals surface area (Å²) < 4.78 is 34.8. The van der Waals surface area contributed by atoms with Gasteiger partial charge in [-0.15, -0.1) is 6.58 Å². The number of rotatable bonds is 8. The van der Waals surface area contributed by atoms with Crippen LogP contribution in [0.2, 0.25) is 0 Å². The largest absolute Gasteiger partial charge is 0.379 e. The second-order valence-electron chi connectivity index (χ2n) is 7.93. The van der Waals surface area contributed by atoms with Crippen molar-refractivity contribution in [1.82, 2.24) is 19.4 Å².